The van der Waals surface area contributed by atoms with Crippen LogP contribution in [0.5, 0.6) is 0 Å². The third-order valence-electron chi connectivity index (χ3n) is 5.88. The Morgan fingerprint density at radius 1 is 1.32 bits per heavy atom. The van der Waals surface area contributed by atoms with Crippen LogP contribution in [0.25, 0.3) is 0 Å². The van der Waals surface area contributed by atoms with Gasteiger partial charge in [-0.15, -0.1) is 0 Å². The third kappa shape index (κ3) is 2.87. The van der Waals surface area contributed by atoms with E-state index in [9.17, 15) is 0 Å². The Morgan fingerprint density at radius 3 is 2.96 bits per heavy atom. The number of hydrogen-bond donors (Lipinski definition) is 0. The summed E-state index contributed by atoms with van der Waals surface area (Å²) in [5.74, 6) is 0.890. The lowest BCUT2D eigenvalue weighted by atomic mass is 9.77. The molecule has 3 heterocycles. The van der Waals surface area contributed by atoms with E-state index in [1.165, 1.54) is 36.1 Å². The molecule has 0 bridgehead atoms. The number of nitrogens with zero attached hydrogens (tertiary/aromatic N) is 5. The molecule has 0 saturated carbocycles. The largest absolute Gasteiger partial charge is 0.298 e. The average molecular weight is 360 g/mol. The third-order valence-corrected chi connectivity index (χ3v) is 6.36. The molecule has 4 rings (SSSR count). The highest BCUT2D eigenvalue weighted by Crippen LogP contribution is 2.44. The highest BCUT2D eigenvalue weighted by atomic mass is 35.5. The number of aromatic nitrogens is 4. The number of hydrogen-bond acceptors (Lipinski definition) is 4. The van der Waals surface area contributed by atoms with Gasteiger partial charge in [-0.2, -0.15) is 5.10 Å². The van der Waals surface area contributed by atoms with Crippen molar-refractivity contribution in [3.05, 3.63) is 39.7 Å². The summed E-state index contributed by atoms with van der Waals surface area (Å²) < 4.78 is 1.80. The maximum atomic E-state index is 6.52. The van der Waals surface area contributed by atoms with Crippen molar-refractivity contribution >= 4 is 11.6 Å². The molecule has 1 spiro atoms. The quantitative estimate of drug-likeness (QED) is 0.844. The van der Waals surface area contributed by atoms with Crippen LogP contribution in [0.4, 0.5) is 0 Å². The zero-order chi connectivity index (χ0) is 17.6. The lowest BCUT2D eigenvalue weighted by Crippen LogP contribution is -2.45. The SMILES string of the molecule is CCc1nn(C)c(Cl)c1CN1CCCC2(CCc3cnc(C)nc32)C1. The molecule has 2 aliphatic rings. The molecule has 1 unspecified atom stereocenters. The van der Waals surface area contributed by atoms with Crippen LogP contribution < -0.4 is 0 Å². The molecule has 0 amide bonds. The second-order valence-corrected chi connectivity index (χ2v) is 7.94. The van der Waals surface area contributed by atoms with Gasteiger partial charge in [-0.05, 0) is 51.1 Å². The van der Waals surface area contributed by atoms with Crippen molar-refractivity contribution < 1.29 is 0 Å². The monoisotopic (exact) mass is 359 g/mol. The van der Waals surface area contributed by atoms with Crippen LogP contribution in [-0.2, 0) is 31.8 Å². The molecule has 6 heteroatoms. The molecule has 0 radical (unpaired) electrons. The van der Waals surface area contributed by atoms with E-state index in [-0.39, 0.29) is 5.41 Å². The highest BCUT2D eigenvalue weighted by Gasteiger charge is 2.43. The van der Waals surface area contributed by atoms with E-state index in [4.69, 9.17) is 16.6 Å². The van der Waals surface area contributed by atoms with Crippen molar-refractivity contribution in [3.63, 3.8) is 0 Å². The van der Waals surface area contributed by atoms with E-state index in [1.54, 1.807) is 4.68 Å². The van der Waals surface area contributed by atoms with Crippen molar-refractivity contribution in [2.75, 3.05) is 13.1 Å². The summed E-state index contributed by atoms with van der Waals surface area (Å²) in [6.45, 7) is 7.21. The van der Waals surface area contributed by atoms with Crippen LogP contribution in [-0.4, -0.2) is 37.7 Å². The van der Waals surface area contributed by atoms with Gasteiger partial charge < -0.3 is 0 Å². The van der Waals surface area contributed by atoms with Gasteiger partial charge in [0, 0.05) is 37.3 Å². The van der Waals surface area contributed by atoms with Gasteiger partial charge in [0.1, 0.15) is 11.0 Å². The molecule has 2 aromatic heterocycles. The second-order valence-electron chi connectivity index (χ2n) is 7.58. The summed E-state index contributed by atoms with van der Waals surface area (Å²) in [6, 6.07) is 0. The van der Waals surface area contributed by atoms with E-state index >= 15 is 0 Å². The molecular formula is C19H26ClN5. The maximum absolute atomic E-state index is 6.52. The Hall–Kier alpha value is -1.46. The first kappa shape index (κ1) is 17.0. The van der Waals surface area contributed by atoms with Crippen LogP contribution in [0, 0.1) is 6.92 Å². The molecule has 0 N–H and O–H groups in total. The molecule has 5 nitrogen and oxygen atoms in total. The molecule has 1 aliphatic heterocycles. The Kier molecular flexibility index (Phi) is 4.32. The minimum Gasteiger partial charge on any atom is -0.298 e. The van der Waals surface area contributed by atoms with Crippen molar-refractivity contribution in [1.29, 1.82) is 0 Å². The fourth-order valence-electron chi connectivity index (χ4n) is 4.65. The average Bonchev–Trinajstić information content (AvgIpc) is 3.07. The molecular weight excluding hydrogens is 334 g/mol. The van der Waals surface area contributed by atoms with Crippen LogP contribution in [0.2, 0.25) is 5.15 Å². The van der Waals surface area contributed by atoms with Gasteiger partial charge in [0.05, 0.1) is 11.4 Å². The Labute approximate surface area is 154 Å². The standard InChI is InChI=1S/C19H26ClN5/c1-4-16-15(18(20)24(3)23-16)11-25-9-5-7-19(12-25)8-6-14-10-21-13(2)22-17(14)19/h10H,4-9,11-12H2,1-3H3. The van der Waals surface area contributed by atoms with Crippen LogP contribution in [0.15, 0.2) is 6.20 Å². The Morgan fingerprint density at radius 2 is 2.16 bits per heavy atom. The smallest absolute Gasteiger partial charge is 0.131 e. The summed E-state index contributed by atoms with van der Waals surface area (Å²) in [5.41, 5.74) is 5.17. The van der Waals surface area contributed by atoms with Crippen molar-refractivity contribution in [2.24, 2.45) is 7.05 Å². The molecule has 1 fully saturated rings. The van der Waals surface area contributed by atoms with Crippen molar-refractivity contribution in [3.8, 4) is 0 Å². The number of halogens is 1. The van der Waals surface area contributed by atoms with Gasteiger partial charge >= 0.3 is 0 Å². The normalized spacial score (nSPS) is 23.4. The second kappa shape index (κ2) is 6.36. The molecule has 1 saturated heterocycles. The predicted octanol–water partition coefficient (Wildman–Crippen LogP) is 3.21. The molecule has 1 atom stereocenters. The summed E-state index contributed by atoms with van der Waals surface area (Å²) in [5, 5.41) is 5.35. The number of piperidine rings is 1. The van der Waals surface area contributed by atoms with Gasteiger partial charge in [-0.1, -0.05) is 18.5 Å². The van der Waals surface area contributed by atoms with Crippen LogP contribution in [0.1, 0.15) is 54.5 Å². The van der Waals surface area contributed by atoms with Gasteiger partial charge in [0.15, 0.2) is 0 Å². The summed E-state index contributed by atoms with van der Waals surface area (Å²) in [7, 11) is 1.93. The zero-order valence-electron chi connectivity index (χ0n) is 15.3. The number of aryl methyl sites for hydroxylation is 4. The van der Waals surface area contributed by atoms with E-state index in [2.05, 4.69) is 21.9 Å². The number of rotatable bonds is 3. The highest BCUT2D eigenvalue weighted by molar-refractivity contribution is 6.30. The lowest BCUT2D eigenvalue weighted by molar-refractivity contribution is 0.136. The lowest BCUT2D eigenvalue weighted by Gasteiger charge is -2.40. The van der Waals surface area contributed by atoms with E-state index in [1.807, 2.05) is 20.2 Å². The Balaban J connectivity index is 1.60. The van der Waals surface area contributed by atoms with Crippen LogP contribution in [0.3, 0.4) is 0 Å². The molecule has 25 heavy (non-hydrogen) atoms. The van der Waals surface area contributed by atoms with E-state index < -0.39 is 0 Å². The predicted molar refractivity (Wildman–Crippen MR) is 98.9 cm³/mol. The Bertz CT molecular complexity index is 795. The van der Waals surface area contributed by atoms with Gasteiger partial charge in [-0.25, -0.2) is 9.97 Å². The summed E-state index contributed by atoms with van der Waals surface area (Å²) in [4.78, 5) is 11.8. The topological polar surface area (TPSA) is 46.8 Å². The summed E-state index contributed by atoms with van der Waals surface area (Å²) in [6.07, 6.45) is 7.70. The first-order chi connectivity index (χ1) is 12.0. The minimum absolute atomic E-state index is 0.197. The van der Waals surface area contributed by atoms with Gasteiger partial charge in [0.25, 0.3) is 0 Å². The first-order valence-corrected chi connectivity index (χ1v) is 9.66. The van der Waals surface area contributed by atoms with Crippen molar-refractivity contribution in [2.45, 2.75) is 57.9 Å². The maximum Gasteiger partial charge on any atom is 0.131 e. The molecule has 134 valence electrons. The number of fused-ring (bicyclic) bond motifs is 2. The zero-order valence-corrected chi connectivity index (χ0v) is 16.1. The van der Waals surface area contributed by atoms with Gasteiger partial charge in [-0.3, -0.25) is 9.58 Å². The molecule has 0 aromatic carbocycles. The van der Waals surface area contributed by atoms with E-state index in [0.717, 1.165) is 49.1 Å². The first-order valence-electron chi connectivity index (χ1n) is 9.28. The van der Waals surface area contributed by atoms with E-state index in [0.29, 0.717) is 0 Å². The van der Waals surface area contributed by atoms with Crippen LogP contribution >= 0.6 is 11.6 Å². The fourth-order valence-corrected chi connectivity index (χ4v) is 4.86. The molecule has 1 aliphatic carbocycles. The fraction of sp³-hybridized carbons (Fsp3) is 0.632. The minimum atomic E-state index is 0.197. The van der Waals surface area contributed by atoms with Gasteiger partial charge in [0.2, 0.25) is 0 Å². The molecule has 2 aromatic rings. The van der Waals surface area contributed by atoms with Crippen molar-refractivity contribution in [1.82, 2.24) is 24.6 Å². The number of likely N-dealkylation sites (tertiary alicyclic amines) is 1. The summed E-state index contributed by atoms with van der Waals surface area (Å²) >= 11 is 6.52.